The van der Waals surface area contributed by atoms with E-state index in [1.807, 2.05) is 37.2 Å². The van der Waals surface area contributed by atoms with Gasteiger partial charge in [-0.1, -0.05) is 121 Å². The van der Waals surface area contributed by atoms with Crippen LogP contribution in [0.4, 0.5) is 4.79 Å². The Labute approximate surface area is 239 Å². The van der Waals surface area contributed by atoms with E-state index in [2.05, 4.69) is 17.6 Å². The maximum absolute atomic E-state index is 12.6. The molecule has 0 saturated carbocycles. The molecule has 0 saturated heterocycles. The molecule has 0 aliphatic carbocycles. The monoisotopic (exact) mass is 553 g/mol. The zero-order valence-corrected chi connectivity index (χ0v) is 25.3. The fraction of sp³-hybridized carbons (Fsp3) is 0.742. The van der Waals surface area contributed by atoms with Crippen molar-refractivity contribution in [3.8, 4) is 0 Å². The van der Waals surface area contributed by atoms with Gasteiger partial charge in [0, 0.05) is 30.8 Å². The molecule has 220 valence electrons. The summed E-state index contributed by atoms with van der Waals surface area (Å²) in [6, 6.07) is 7.31. The van der Waals surface area contributed by atoms with E-state index in [0.29, 0.717) is 18.7 Å². The molecular weight excluding hydrogens is 498 g/mol. The Balaban J connectivity index is 0.0000137. The number of likely N-dealkylation sites (N-methyl/N-ethyl adjacent to an activating group) is 1. The third-order valence-corrected chi connectivity index (χ3v) is 6.76. The first-order valence-corrected chi connectivity index (χ1v) is 15.0. The van der Waals surface area contributed by atoms with Crippen LogP contribution in [0.1, 0.15) is 126 Å². The zero-order chi connectivity index (χ0) is 27.0. The standard InChI is InChI=1S/C31H55N3O3.ClH/c1-4-5-6-7-8-9-10-11-12-13-14-15-16-17-18-21-24-32-30(35)29-23-20-19-22-28(29)27-37-31(36)33-25-26-34(2)3;/h19-20,22-23H,4-18,21,24-27H2,1-3H3,(H,32,35)(H,33,36);1H. The van der Waals surface area contributed by atoms with E-state index < -0.39 is 6.09 Å². The highest BCUT2D eigenvalue weighted by atomic mass is 35.5. The van der Waals surface area contributed by atoms with Gasteiger partial charge in [-0.3, -0.25) is 4.79 Å². The summed E-state index contributed by atoms with van der Waals surface area (Å²) in [4.78, 5) is 26.5. The van der Waals surface area contributed by atoms with Crippen molar-refractivity contribution in [2.24, 2.45) is 0 Å². The summed E-state index contributed by atoms with van der Waals surface area (Å²) >= 11 is 0. The summed E-state index contributed by atoms with van der Waals surface area (Å²) in [6.07, 6.45) is 21.0. The summed E-state index contributed by atoms with van der Waals surface area (Å²) in [5.41, 5.74) is 1.29. The van der Waals surface area contributed by atoms with Crippen LogP contribution in [-0.2, 0) is 11.3 Å². The number of unbranched alkanes of at least 4 members (excludes halogenated alkanes) is 15. The van der Waals surface area contributed by atoms with Crippen LogP contribution in [0.3, 0.4) is 0 Å². The minimum atomic E-state index is -0.467. The first kappa shape index (κ1) is 36.2. The molecule has 0 aliphatic heterocycles. The average Bonchev–Trinajstić information content (AvgIpc) is 2.89. The van der Waals surface area contributed by atoms with Crippen LogP contribution in [0.15, 0.2) is 24.3 Å². The van der Waals surface area contributed by atoms with E-state index in [1.165, 1.54) is 89.9 Å². The van der Waals surface area contributed by atoms with E-state index in [-0.39, 0.29) is 24.9 Å². The number of nitrogens with zero attached hydrogens (tertiary/aromatic N) is 1. The second kappa shape index (κ2) is 25.5. The molecule has 38 heavy (non-hydrogen) atoms. The van der Waals surface area contributed by atoms with Crippen LogP contribution in [0, 0.1) is 0 Å². The Bertz CT molecular complexity index is 715. The quantitative estimate of drug-likeness (QED) is 0.135. The molecule has 7 heteroatoms. The molecule has 1 aromatic rings. The summed E-state index contributed by atoms with van der Waals surface area (Å²) in [7, 11) is 3.89. The van der Waals surface area contributed by atoms with Gasteiger partial charge in [0.25, 0.3) is 5.91 Å². The summed E-state index contributed by atoms with van der Waals surface area (Å²) in [6.45, 7) is 4.30. The van der Waals surface area contributed by atoms with Gasteiger partial charge in [-0.05, 0) is 26.6 Å². The molecule has 0 unspecified atom stereocenters. The van der Waals surface area contributed by atoms with E-state index in [0.717, 1.165) is 24.9 Å². The van der Waals surface area contributed by atoms with Gasteiger partial charge in [0.2, 0.25) is 0 Å². The second-order valence-electron chi connectivity index (χ2n) is 10.5. The number of carbonyl (C=O) groups excluding carboxylic acids is 2. The summed E-state index contributed by atoms with van der Waals surface area (Å²) in [5.74, 6) is -0.104. The summed E-state index contributed by atoms with van der Waals surface area (Å²) < 4.78 is 5.29. The molecule has 2 amide bonds. The first-order chi connectivity index (χ1) is 18.0. The van der Waals surface area contributed by atoms with Gasteiger partial charge in [0.05, 0.1) is 0 Å². The highest BCUT2D eigenvalue weighted by Crippen LogP contribution is 2.14. The predicted octanol–water partition coefficient (Wildman–Crippen LogP) is 7.89. The van der Waals surface area contributed by atoms with Crippen LogP contribution in [-0.4, -0.2) is 50.6 Å². The molecule has 0 atom stereocenters. The lowest BCUT2D eigenvalue weighted by Gasteiger charge is -2.12. The zero-order valence-electron chi connectivity index (χ0n) is 24.5. The smallest absolute Gasteiger partial charge is 0.407 e. The van der Waals surface area contributed by atoms with Crippen LogP contribution >= 0.6 is 12.4 Å². The number of hydrogen-bond donors (Lipinski definition) is 2. The molecule has 1 rings (SSSR count). The molecule has 1 aromatic carbocycles. The lowest BCUT2D eigenvalue weighted by atomic mass is 10.0. The molecule has 0 aliphatic rings. The van der Waals surface area contributed by atoms with Gasteiger partial charge in [0.15, 0.2) is 0 Å². The van der Waals surface area contributed by atoms with Gasteiger partial charge >= 0.3 is 6.09 Å². The lowest BCUT2D eigenvalue weighted by Crippen LogP contribution is -2.32. The van der Waals surface area contributed by atoms with Crippen LogP contribution in [0.2, 0.25) is 0 Å². The summed E-state index contributed by atoms with van der Waals surface area (Å²) in [5, 5.41) is 5.74. The van der Waals surface area contributed by atoms with Gasteiger partial charge in [0.1, 0.15) is 6.61 Å². The van der Waals surface area contributed by atoms with Gasteiger partial charge in [-0.15, -0.1) is 12.4 Å². The fourth-order valence-electron chi connectivity index (χ4n) is 4.41. The maximum Gasteiger partial charge on any atom is 0.407 e. The van der Waals surface area contributed by atoms with E-state index in [4.69, 9.17) is 4.74 Å². The first-order valence-electron chi connectivity index (χ1n) is 15.0. The van der Waals surface area contributed by atoms with Crippen molar-refractivity contribution in [1.29, 1.82) is 0 Å². The third kappa shape index (κ3) is 20.2. The number of benzene rings is 1. The normalized spacial score (nSPS) is 10.7. The molecular formula is C31H56ClN3O3. The molecule has 0 fully saturated rings. The minimum absolute atomic E-state index is 0. The SMILES string of the molecule is CCCCCCCCCCCCCCCCCCNC(=O)c1ccccc1COC(=O)NCCN(C)C.Cl. The van der Waals surface area contributed by atoms with Crippen LogP contribution in [0.5, 0.6) is 0 Å². The van der Waals surface area contributed by atoms with Gasteiger partial charge in [-0.2, -0.15) is 0 Å². The number of hydrogen-bond acceptors (Lipinski definition) is 4. The van der Waals surface area contributed by atoms with E-state index in [1.54, 1.807) is 6.07 Å². The Hall–Kier alpha value is -1.79. The molecule has 6 nitrogen and oxygen atoms in total. The number of ether oxygens (including phenoxy) is 1. The molecule has 0 spiro atoms. The van der Waals surface area contributed by atoms with Crippen molar-refractivity contribution in [3.63, 3.8) is 0 Å². The van der Waals surface area contributed by atoms with Crippen molar-refractivity contribution < 1.29 is 14.3 Å². The highest BCUT2D eigenvalue weighted by molar-refractivity contribution is 5.95. The number of carbonyl (C=O) groups is 2. The van der Waals surface area contributed by atoms with Crippen molar-refractivity contribution in [1.82, 2.24) is 15.5 Å². The van der Waals surface area contributed by atoms with E-state index in [9.17, 15) is 9.59 Å². The maximum atomic E-state index is 12.6. The Morgan fingerprint density at radius 3 is 1.74 bits per heavy atom. The van der Waals surface area contributed by atoms with Crippen molar-refractivity contribution >= 4 is 24.4 Å². The second-order valence-corrected chi connectivity index (χ2v) is 10.5. The van der Waals surface area contributed by atoms with Crippen molar-refractivity contribution in [2.45, 2.75) is 116 Å². The number of nitrogens with one attached hydrogen (secondary N) is 2. The molecule has 0 bridgehead atoms. The number of amides is 2. The van der Waals surface area contributed by atoms with E-state index >= 15 is 0 Å². The lowest BCUT2D eigenvalue weighted by molar-refractivity contribution is 0.0946. The number of alkyl carbamates (subject to hydrolysis) is 1. The minimum Gasteiger partial charge on any atom is -0.445 e. The molecule has 0 heterocycles. The third-order valence-electron chi connectivity index (χ3n) is 6.76. The topological polar surface area (TPSA) is 70.7 Å². The molecule has 0 radical (unpaired) electrons. The highest BCUT2D eigenvalue weighted by Gasteiger charge is 2.12. The Morgan fingerprint density at radius 1 is 0.711 bits per heavy atom. The fourth-order valence-corrected chi connectivity index (χ4v) is 4.41. The van der Waals surface area contributed by atoms with Crippen LogP contribution in [0.25, 0.3) is 0 Å². The van der Waals surface area contributed by atoms with Gasteiger partial charge in [-0.25, -0.2) is 4.79 Å². The van der Waals surface area contributed by atoms with Crippen molar-refractivity contribution in [3.05, 3.63) is 35.4 Å². The van der Waals surface area contributed by atoms with Crippen molar-refractivity contribution in [2.75, 3.05) is 33.7 Å². The predicted molar refractivity (Wildman–Crippen MR) is 162 cm³/mol. The molecule has 0 aromatic heterocycles. The Kier molecular flexibility index (Phi) is 24.3. The Morgan fingerprint density at radius 2 is 1.21 bits per heavy atom. The largest absolute Gasteiger partial charge is 0.445 e. The van der Waals surface area contributed by atoms with Crippen LogP contribution < -0.4 is 10.6 Å². The average molecular weight is 554 g/mol. The van der Waals surface area contributed by atoms with Gasteiger partial charge < -0.3 is 20.3 Å². The molecule has 2 N–H and O–H groups in total. The number of halogens is 1. The number of rotatable bonds is 23.